The van der Waals surface area contributed by atoms with Crippen LogP contribution in [0, 0.1) is 0 Å². The Bertz CT molecular complexity index is 957. The molecule has 1 aromatic carbocycles. The molecular weight excluding hydrogens is 386 g/mol. The molecule has 2 aromatic heterocycles. The van der Waals surface area contributed by atoms with Gasteiger partial charge in [-0.2, -0.15) is 0 Å². The van der Waals surface area contributed by atoms with Crippen LogP contribution in [0.3, 0.4) is 0 Å². The SMILES string of the molecule is COCCCNC(=O)NCc1ccccc1Sc1ccc2nnc(C(C)C)n2c1. The van der Waals surface area contributed by atoms with Crippen molar-refractivity contribution in [2.75, 3.05) is 20.3 Å². The monoisotopic (exact) mass is 413 g/mol. The van der Waals surface area contributed by atoms with E-state index in [1.54, 1.807) is 18.9 Å². The highest BCUT2D eigenvalue weighted by molar-refractivity contribution is 7.99. The first-order chi connectivity index (χ1) is 14.1. The third kappa shape index (κ3) is 5.71. The molecule has 3 rings (SSSR count). The highest BCUT2D eigenvalue weighted by Crippen LogP contribution is 2.31. The summed E-state index contributed by atoms with van der Waals surface area (Å²) in [7, 11) is 1.65. The van der Waals surface area contributed by atoms with E-state index in [-0.39, 0.29) is 6.03 Å². The average Bonchev–Trinajstić information content (AvgIpc) is 3.14. The Morgan fingerprint density at radius 2 is 2.00 bits per heavy atom. The normalized spacial score (nSPS) is 11.2. The molecule has 2 amide bonds. The highest BCUT2D eigenvalue weighted by atomic mass is 32.2. The van der Waals surface area contributed by atoms with Crippen molar-refractivity contribution in [3.05, 3.63) is 54.0 Å². The number of hydrogen-bond acceptors (Lipinski definition) is 5. The van der Waals surface area contributed by atoms with Gasteiger partial charge in [0, 0.05) is 48.7 Å². The second-order valence-electron chi connectivity index (χ2n) is 6.97. The predicted octanol–water partition coefficient (Wildman–Crippen LogP) is 3.84. The standard InChI is InChI=1S/C21H27N5O2S/c1-15(2)20-25-24-19-10-9-17(14-26(19)20)29-18-8-5-4-7-16(18)13-23-21(27)22-11-6-12-28-3/h4-5,7-10,14-15H,6,11-13H2,1-3H3,(H2,22,23,27). The molecule has 2 N–H and O–H groups in total. The van der Waals surface area contributed by atoms with Crippen LogP contribution in [0.15, 0.2) is 52.4 Å². The van der Waals surface area contributed by atoms with Gasteiger partial charge in [-0.3, -0.25) is 4.40 Å². The van der Waals surface area contributed by atoms with Crippen molar-refractivity contribution < 1.29 is 9.53 Å². The first-order valence-corrected chi connectivity index (χ1v) is 10.5. The smallest absolute Gasteiger partial charge is 0.315 e. The molecule has 0 radical (unpaired) electrons. The van der Waals surface area contributed by atoms with E-state index >= 15 is 0 Å². The fourth-order valence-electron chi connectivity index (χ4n) is 2.88. The average molecular weight is 414 g/mol. The van der Waals surface area contributed by atoms with Gasteiger partial charge in [0.05, 0.1) is 0 Å². The summed E-state index contributed by atoms with van der Waals surface area (Å²) in [4.78, 5) is 14.2. The maximum atomic E-state index is 12.0. The van der Waals surface area contributed by atoms with Crippen LogP contribution in [0.1, 0.15) is 37.6 Å². The van der Waals surface area contributed by atoms with Crippen LogP contribution < -0.4 is 10.6 Å². The number of carbonyl (C=O) groups excluding carboxylic acids is 1. The molecule has 0 aliphatic heterocycles. The number of methoxy groups -OCH3 is 1. The molecule has 0 aliphatic carbocycles. The molecule has 7 nitrogen and oxygen atoms in total. The quantitative estimate of drug-likeness (QED) is 0.521. The molecule has 154 valence electrons. The van der Waals surface area contributed by atoms with Gasteiger partial charge in [-0.05, 0) is 30.2 Å². The topological polar surface area (TPSA) is 80.5 Å². The molecule has 2 heterocycles. The summed E-state index contributed by atoms with van der Waals surface area (Å²) in [6.45, 7) is 5.91. The number of benzene rings is 1. The summed E-state index contributed by atoms with van der Waals surface area (Å²) in [6, 6.07) is 11.9. The second-order valence-corrected chi connectivity index (χ2v) is 8.09. The molecule has 0 aliphatic rings. The second kappa shape index (κ2) is 10.3. The fourth-order valence-corrected chi connectivity index (χ4v) is 3.84. The van der Waals surface area contributed by atoms with E-state index < -0.39 is 0 Å². The van der Waals surface area contributed by atoms with Crippen LogP contribution in [0.5, 0.6) is 0 Å². The summed E-state index contributed by atoms with van der Waals surface area (Å²) in [5, 5.41) is 14.3. The van der Waals surface area contributed by atoms with E-state index in [1.165, 1.54) is 0 Å². The van der Waals surface area contributed by atoms with E-state index in [1.807, 2.05) is 34.7 Å². The zero-order valence-electron chi connectivity index (χ0n) is 17.0. The molecule has 0 saturated heterocycles. The number of nitrogens with one attached hydrogen (secondary N) is 2. The summed E-state index contributed by atoms with van der Waals surface area (Å²) in [5.74, 6) is 1.24. The molecule has 0 spiro atoms. The molecule has 8 heteroatoms. The Morgan fingerprint density at radius 3 is 2.79 bits per heavy atom. The Morgan fingerprint density at radius 1 is 1.17 bits per heavy atom. The lowest BCUT2D eigenvalue weighted by atomic mass is 10.2. The lowest BCUT2D eigenvalue weighted by Crippen LogP contribution is -2.35. The van der Waals surface area contributed by atoms with Gasteiger partial charge in [0.15, 0.2) is 5.65 Å². The predicted molar refractivity (Wildman–Crippen MR) is 114 cm³/mol. The maximum Gasteiger partial charge on any atom is 0.315 e. The Hall–Kier alpha value is -2.58. The molecule has 0 bridgehead atoms. The molecule has 0 fully saturated rings. The van der Waals surface area contributed by atoms with Gasteiger partial charge < -0.3 is 15.4 Å². The number of ether oxygens (including phenoxy) is 1. The largest absolute Gasteiger partial charge is 0.385 e. The minimum absolute atomic E-state index is 0.173. The molecule has 29 heavy (non-hydrogen) atoms. The van der Waals surface area contributed by atoms with Gasteiger partial charge in [-0.15, -0.1) is 10.2 Å². The molecular formula is C21H27N5O2S. The Labute approximate surface area is 175 Å². The lowest BCUT2D eigenvalue weighted by Gasteiger charge is -2.12. The number of amides is 2. The van der Waals surface area contributed by atoms with Gasteiger partial charge in [0.1, 0.15) is 5.82 Å². The van der Waals surface area contributed by atoms with E-state index in [0.717, 1.165) is 33.2 Å². The van der Waals surface area contributed by atoms with Crippen LogP contribution in [0.2, 0.25) is 0 Å². The minimum Gasteiger partial charge on any atom is -0.385 e. The third-order valence-electron chi connectivity index (χ3n) is 4.37. The highest BCUT2D eigenvalue weighted by Gasteiger charge is 2.11. The molecule has 3 aromatic rings. The minimum atomic E-state index is -0.173. The van der Waals surface area contributed by atoms with Crippen molar-refractivity contribution in [3.63, 3.8) is 0 Å². The summed E-state index contributed by atoms with van der Waals surface area (Å²) in [5.41, 5.74) is 1.91. The van der Waals surface area contributed by atoms with Crippen molar-refractivity contribution in [3.8, 4) is 0 Å². The number of carbonyl (C=O) groups is 1. The van der Waals surface area contributed by atoms with Crippen LogP contribution in [-0.4, -0.2) is 40.9 Å². The number of hydrogen-bond donors (Lipinski definition) is 2. The Kier molecular flexibility index (Phi) is 7.48. The third-order valence-corrected chi connectivity index (χ3v) is 5.46. The summed E-state index contributed by atoms with van der Waals surface area (Å²) in [6.07, 6.45) is 2.86. The molecule has 0 atom stereocenters. The van der Waals surface area contributed by atoms with Crippen molar-refractivity contribution in [2.45, 2.75) is 42.5 Å². The van der Waals surface area contributed by atoms with Gasteiger partial charge in [0.2, 0.25) is 0 Å². The van der Waals surface area contributed by atoms with Crippen molar-refractivity contribution in [1.82, 2.24) is 25.2 Å². The van der Waals surface area contributed by atoms with E-state index in [0.29, 0.717) is 25.6 Å². The van der Waals surface area contributed by atoms with Crippen molar-refractivity contribution >= 4 is 23.4 Å². The number of nitrogens with zero attached hydrogens (tertiary/aromatic N) is 3. The zero-order chi connectivity index (χ0) is 20.6. The number of pyridine rings is 1. The van der Waals surface area contributed by atoms with Crippen LogP contribution in [0.25, 0.3) is 5.65 Å². The van der Waals surface area contributed by atoms with Gasteiger partial charge in [-0.1, -0.05) is 43.8 Å². The van der Waals surface area contributed by atoms with Crippen LogP contribution >= 0.6 is 11.8 Å². The van der Waals surface area contributed by atoms with Gasteiger partial charge in [-0.25, -0.2) is 4.79 Å². The molecule has 0 unspecified atom stereocenters. The Balaban J connectivity index is 1.67. The van der Waals surface area contributed by atoms with E-state index in [9.17, 15) is 4.79 Å². The van der Waals surface area contributed by atoms with Gasteiger partial charge in [0.25, 0.3) is 0 Å². The number of rotatable bonds is 9. The van der Waals surface area contributed by atoms with Crippen LogP contribution in [0.4, 0.5) is 4.79 Å². The number of fused-ring (bicyclic) bond motifs is 1. The molecule has 0 saturated carbocycles. The summed E-state index contributed by atoms with van der Waals surface area (Å²) >= 11 is 1.66. The number of urea groups is 1. The lowest BCUT2D eigenvalue weighted by molar-refractivity contribution is 0.193. The van der Waals surface area contributed by atoms with Crippen molar-refractivity contribution in [1.29, 1.82) is 0 Å². The first-order valence-electron chi connectivity index (χ1n) is 9.69. The van der Waals surface area contributed by atoms with E-state index in [2.05, 4.69) is 46.9 Å². The van der Waals surface area contributed by atoms with Crippen molar-refractivity contribution in [2.24, 2.45) is 0 Å². The number of aromatic nitrogens is 3. The van der Waals surface area contributed by atoms with Gasteiger partial charge >= 0.3 is 6.03 Å². The maximum absolute atomic E-state index is 12.0. The first kappa shape index (κ1) is 21.1. The summed E-state index contributed by atoms with van der Waals surface area (Å²) < 4.78 is 7.03. The van der Waals surface area contributed by atoms with E-state index in [4.69, 9.17) is 4.74 Å². The fraction of sp³-hybridized carbons (Fsp3) is 0.381. The van der Waals surface area contributed by atoms with Crippen LogP contribution in [-0.2, 0) is 11.3 Å². The zero-order valence-corrected chi connectivity index (χ0v) is 17.8.